The second-order valence-corrected chi connectivity index (χ2v) is 2.79. The second-order valence-electron chi connectivity index (χ2n) is 2.79. The first-order valence-corrected chi connectivity index (χ1v) is 4.38. The van der Waals surface area contributed by atoms with Crippen molar-refractivity contribution in [2.45, 2.75) is 19.8 Å². The zero-order valence-corrected chi connectivity index (χ0v) is 10.2. The van der Waals surface area contributed by atoms with Crippen LogP contribution < -0.4 is 11.5 Å². The maximum atomic E-state index is 11.0. The van der Waals surface area contributed by atoms with Crippen LogP contribution in [0.25, 0.3) is 0 Å². The summed E-state index contributed by atoms with van der Waals surface area (Å²) in [4.78, 5) is 12.8. The molecule has 0 aromatic carbocycles. The maximum Gasteiger partial charge on any atom is 0.219 e. The van der Waals surface area contributed by atoms with Crippen molar-refractivity contribution in [2.24, 2.45) is 11.5 Å². The standard InChI is InChI=1S/C8H19N3O.2ClH/c1-8(12)11(6-2-4-9)7-3-5-10;;/h2-7,9-10H2,1H3;2*1H. The molecule has 6 heteroatoms. The fraction of sp³-hybridized carbons (Fsp3) is 0.875. The molecular weight excluding hydrogens is 225 g/mol. The van der Waals surface area contributed by atoms with E-state index in [1.807, 2.05) is 0 Å². The third-order valence-corrected chi connectivity index (χ3v) is 1.71. The molecule has 0 fully saturated rings. The minimum absolute atomic E-state index is 0. The van der Waals surface area contributed by atoms with E-state index in [2.05, 4.69) is 0 Å². The van der Waals surface area contributed by atoms with Crippen LogP contribution in [0, 0.1) is 0 Å². The highest BCUT2D eigenvalue weighted by atomic mass is 35.5. The Hall–Kier alpha value is -0.0300. The Bertz CT molecular complexity index is 128. The van der Waals surface area contributed by atoms with Gasteiger partial charge in [0, 0.05) is 20.0 Å². The minimum atomic E-state index is 0. The predicted molar refractivity (Wildman–Crippen MR) is 64.1 cm³/mol. The van der Waals surface area contributed by atoms with Crippen molar-refractivity contribution < 1.29 is 4.79 Å². The summed E-state index contributed by atoms with van der Waals surface area (Å²) in [5, 5.41) is 0. The molecular formula is C8H21Cl2N3O. The van der Waals surface area contributed by atoms with E-state index in [-0.39, 0.29) is 30.7 Å². The molecule has 0 unspecified atom stereocenters. The topological polar surface area (TPSA) is 72.3 Å². The summed E-state index contributed by atoms with van der Waals surface area (Å²) in [5.74, 6) is 0.108. The average Bonchev–Trinajstić information content (AvgIpc) is 2.04. The number of nitrogens with zero attached hydrogens (tertiary/aromatic N) is 1. The van der Waals surface area contributed by atoms with Crippen molar-refractivity contribution in [1.29, 1.82) is 0 Å². The van der Waals surface area contributed by atoms with Crippen LogP contribution in [-0.2, 0) is 4.79 Å². The molecule has 0 atom stereocenters. The largest absolute Gasteiger partial charge is 0.343 e. The normalized spacial score (nSPS) is 8.50. The Labute approximate surface area is 98.2 Å². The van der Waals surface area contributed by atoms with E-state index in [1.165, 1.54) is 0 Å². The number of halogens is 2. The summed E-state index contributed by atoms with van der Waals surface area (Å²) < 4.78 is 0. The first kappa shape index (κ1) is 19.5. The molecule has 0 aliphatic carbocycles. The van der Waals surface area contributed by atoms with Crippen LogP contribution in [0.5, 0.6) is 0 Å². The van der Waals surface area contributed by atoms with Crippen molar-refractivity contribution in [3.8, 4) is 0 Å². The molecule has 0 rings (SSSR count). The fourth-order valence-electron chi connectivity index (χ4n) is 0.991. The first-order chi connectivity index (χ1) is 5.72. The van der Waals surface area contributed by atoms with Gasteiger partial charge in [0.1, 0.15) is 0 Å². The first-order valence-electron chi connectivity index (χ1n) is 4.38. The molecule has 0 heterocycles. The number of hydrogen-bond donors (Lipinski definition) is 2. The van der Waals surface area contributed by atoms with Crippen molar-refractivity contribution in [3.63, 3.8) is 0 Å². The van der Waals surface area contributed by atoms with Crippen LogP contribution in [0.4, 0.5) is 0 Å². The van der Waals surface area contributed by atoms with E-state index >= 15 is 0 Å². The van der Waals surface area contributed by atoms with Gasteiger partial charge in [0.05, 0.1) is 0 Å². The Morgan fingerprint density at radius 2 is 1.43 bits per heavy atom. The summed E-state index contributed by atoms with van der Waals surface area (Å²) in [6, 6.07) is 0. The van der Waals surface area contributed by atoms with E-state index in [4.69, 9.17) is 11.5 Å². The van der Waals surface area contributed by atoms with Gasteiger partial charge in [-0.1, -0.05) is 0 Å². The Morgan fingerprint density at radius 3 is 1.64 bits per heavy atom. The van der Waals surface area contributed by atoms with Gasteiger partial charge in [-0.05, 0) is 25.9 Å². The number of hydrogen-bond acceptors (Lipinski definition) is 3. The lowest BCUT2D eigenvalue weighted by Crippen LogP contribution is -2.32. The molecule has 4 N–H and O–H groups in total. The van der Waals surface area contributed by atoms with Crippen molar-refractivity contribution >= 4 is 30.7 Å². The second kappa shape index (κ2) is 13.0. The van der Waals surface area contributed by atoms with Crippen LogP contribution in [0.15, 0.2) is 0 Å². The molecule has 0 bridgehead atoms. The lowest BCUT2D eigenvalue weighted by atomic mass is 10.3. The van der Waals surface area contributed by atoms with Crippen LogP contribution >= 0.6 is 24.8 Å². The quantitative estimate of drug-likeness (QED) is 0.711. The average molecular weight is 246 g/mol. The third-order valence-electron chi connectivity index (χ3n) is 1.71. The lowest BCUT2D eigenvalue weighted by Gasteiger charge is -2.19. The number of carbonyl (C=O) groups excluding carboxylic acids is 1. The van der Waals surface area contributed by atoms with Crippen molar-refractivity contribution in [1.82, 2.24) is 4.90 Å². The van der Waals surface area contributed by atoms with Gasteiger partial charge in [0.25, 0.3) is 0 Å². The van der Waals surface area contributed by atoms with Gasteiger partial charge >= 0.3 is 0 Å². The highest BCUT2D eigenvalue weighted by Crippen LogP contribution is 1.93. The van der Waals surface area contributed by atoms with Crippen molar-refractivity contribution in [2.75, 3.05) is 26.2 Å². The summed E-state index contributed by atoms with van der Waals surface area (Å²) in [6.45, 7) is 4.35. The van der Waals surface area contributed by atoms with Gasteiger partial charge in [-0.3, -0.25) is 4.79 Å². The zero-order valence-electron chi connectivity index (χ0n) is 8.57. The molecule has 0 saturated heterocycles. The van der Waals surface area contributed by atoms with Crippen LogP contribution in [0.2, 0.25) is 0 Å². The van der Waals surface area contributed by atoms with E-state index < -0.39 is 0 Å². The summed E-state index contributed by atoms with van der Waals surface area (Å²) in [5.41, 5.74) is 10.7. The van der Waals surface area contributed by atoms with Gasteiger partial charge < -0.3 is 16.4 Å². The van der Waals surface area contributed by atoms with Crippen LogP contribution in [0.1, 0.15) is 19.8 Å². The van der Waals surface area contributed by atoms with Gasteiger partial charge in [-0.15, -0.1) is 24.8 Å². The highest BCUT2D eigenvalue weighted by molar-refractivity contribution is 5.85. The number of rotatable bonds is 6. The molecule has 0 aromatic rings. The molecule has 1 amide bonds. The Kier molecular flexibility index (Phi) is 18.1. The highest BCUT2D eigenvalue weighted by Gasteiger charge is 2.05. The maximum absolute atomic E-state index is 11.0. The number of nitrogens with two attached hydrogens (primary N) is 2. The van der Waals surface area contributed by atoms with Gasteiger partial charge in [-0.2, -0.15) is 0 Å². The van der Waals surface area contributed by atoms with E-state index in [9.17, 15) is 4.79 Å². The summed E-state index contributed by atoms with van der Waals surface area (Å²) in [7, 11) is 0. The lowest BCUT2D eigenvalue weighted by molar-refractivity contribution is -0.128. The molecule has 0 spiro atoms. The molecule has 4 nitrogen and oxygen atoms in total. The molecule has 0 radical (unpaired) electrons. The third kappa shape index (κ3) is 10.1. The minimum Gasteiger partial charge on any atom is -0.343 e. The molecule has 88 valence electrons. The monoisotopic (exact) mass is 245 g/mol. The fourth-order valence-corrected chi connectivity index (χ4v) is 0.991. The van der Waals surface area contributed by atoms with Gasteiger partial charge in [0.15, 0.2) is 0 Å². The van der Waals surface area contributed by atoms with E-state index in [0.717, 1.165) is 25.9 Å². The molecule has 14 heavy (non-hydrogen) atoms. The number of amides is 1. The smallest absolute Gasteiger partial charge is 0.219 e. The molecule has 0 aliphatic rings. The van der Waals surface area contributed by atoms with Crippen LogP contribution in [-0.4, -0.2) is 37.0 Å². The van der Waals surface area contributed by atoms with Gasteiger partial charge in [0.2, 0.25) is 5.91 Å². The molecule has 0 aliphatic heterocycles. The summed E-state index contributed by atoms with van der Waals surface area (Å²) in [6.07, 6.45) is 1.73. The van der Waals surface area contributed by atoms with E-state index in [1.54, 1.807) is 11.8 Å². The van der Waals surface area contributed by atoms with Gasteiger partial charge in [-0.25, -0.2) is 0 Å². The molecule has 0 saturated carbocycles. The zero-order chi connectivity index (χ0) is 9.40. The Morgan fingerprint density at radius 1 is 1.07 bits per heavy atom. The van der Waals surface area contributed by atoms with Crippen molar-refractivity contribution in [3.05, 3.63) is 0 Å². The van der Waals surface area contributed by atoms with E-state index in [0.29, 0.717) is 13.1 Å². The Balaban J connectivity index is -0.000000605. The number of carbonyl (C=O) groups is 1. The SMILES string of the molecule is CC(=O)N(CCCN)CCCN.Cl.Cl. The summed E-state index contributed by atoms with van der Waals surface area (Å²) >= 11 is 0. The predicted octanol–water partition coefficient (Wildman–Crippen LogP) is 0.376. The van der Waals surface area contributed by atoms with Crippen LogP contribution in [0.3, 0.4) is 0 Å². The molecule has 0 aromatic heterocycles.